The summed E-state index contributed by atoms with van der Waals surface area (Å²) in [5.74, 6) is -2.08. The number of benzene rings is 1. The Morgan fingerprint density at radius 1 is 1.41 bits per heavy atom. The number of hydrogen-bond acceptors (Lipinski definition) is 3. The van der Waals surface area contributed by atoms with E-state index in [-0.39, 0.29) is 25.1 Å². The van der Waals surface area contributed by atoms with Crippen LogP contribution in [0.2, 0.25) is 0 Å². The third-order valence-electron chi connectivity index (χ3n) is 2.22. The predicted molar refractivity (Wildman–Crippen MR) is 58.0 cm³/mol. The molecule has 0 spiro atoms. The van der Waals surface area contributed by atoms with Crippen LogP contribution >= 0.6 is 0 Å². The summed E-state index contributed by atoms with van der Waals surface area (Å²) in [6.07, 6.45) is -1.20. The van der Waals surface area contributed by atoms with Gasteiger partial charge >= 0.3 is 0 Å². The van der Waals surface area contributed by atoms with Crippen LogP contribution in [0.3, 0.4) is 0 Å². The third kappa shape index (κ3) is 4.08. The number of amides is 1. The van der Waals surface area contributed by atoms with Crippen molar-refractivity contribution in [2.75, 3.05) is 13.1 Å². The van der Waals surface area contributed by atoms with Crippen LogP contribution in [0.4, 0.5) is 8.78 Å². The molecule has 1 unspecified atom stereocenters. The molecular weight excluding hydrogens is 230 g/mol. The minimum absolute atomic E-state index is 0.0505. The molecule has 0 heterocycles. The van der Waals surface area contributed by atoms with E-state index in [2.05, 4.69) is 5.32 Å². The lowest BCUT2D eigenvalue weighted by molar-refractivity contribution is -0.117. The van der Waals surface area contributed by atoms with Crippen molar-refractivity contribution < 1.29 is 18.7 Å². The minimum atomic E-state index is -1.30. The lowest BCUT2D eigenvalue weighted by Gasteiger charge is -2.13. The fourth-order valence-electron chi connectivity index (χ4n) is 1.38. The van der Waals surface area contributed by atoms with E-state index in [0.717, 1.165) is 12.1 Å². The van der Waals surface area contributed by atoms with E-state index in [4.69, 9.17) is 5.73 Å². The maximum Gasteiger partial charge on any atom is 0.218 e. The fourth-order valence-corrected chi connectivity index (χ4v) is 1.38. The number of carbonyl (C=O) groups is 1. The van der Waals surface area contributed by atoms with Crippen molar-refractivity contribution in [3.05, 3.63) is 35.4 Å². The van der Waals surface area contributed by atoms with Crippen molar-refractivity contribution in [3.8, 4) is 0 Å². The average Bonchev–Trinajstić information content (AvgIpc) is 2.24. The second-order valence-electron chi connectivity index (χ2n) is 3.57. The molecule has 1 amide bonds. The lowest BCUT2D eigenvalue weighted by Crippen LogP contribution is -2.26. The summed E-state index contributed by atoms with van der Waals surface area (Å²) in [6, 6.07) is 3.37. The monoisotopic (exact) mass is 244 g/mol. The van der Waals surface area contributed by atoms with Gasteiger partial charge in [-0.25, -0.2) is 8.78 Å². The first kappa shape index (κ1) is 13.5. The molecule has 0 saturated heterocycles. The van der Waals surface area contributed by atoms with E-state index in [0.29, 0.717) is 0 Å². The Morgan fingerprint density at radius 3 is 2.53 bits per heavy atom. The van der Waals surface area contributed by atoms with Crippen LogP contribution in [0.1, 0.15) is 18.1 Å². The molecule has 4 nitrogen and oxygen atoms in total. The molecule has 1 aromatic carbocycles. The summed E-state index contributed by atoms with van der Waals surface area (Å²) in [7, 11) is 0. The van der Waals surface area contributed by atoms with Gasteiger partial charge in [0.2, 0.25) is 5.91 Å². The number of aliphatic hydroxyl groups excluding tert-OH is 1. The molecule has 0 aliphatic heterocycles. The second kappa shape index (κ2) is 6.27. The van der Waals surface area contributed by atoms with Gasteiger partial charge in [-0.3, -0.25) is 4.79 Å². The van der Waals surface area contributed by atoms with Crippen molar-refractivity contribution in [1.29, 1.82) is 0 Å². The van der Waals surface area contributed by atoms with E-state index in [1.54, 1.807) is 0 Å². The Bertz CT molecular complexity index is 379. The Labute approximate surface area is 97.4 Å². The number of primary amides is 1. The molecule has 1 rings (SSSR count). The van der Waals surface area contributed by atoms with Crippen LogP contribution in [0.25, 0.3) is 0 Å². The molecule has 6 heteroatoms. The van der Waals surface area contributed by atoms with Gasteiger partial charge in [-0.1, -0.05) is 6.07 Å². The van der Waals surface area contributed by atoms with Gasteiger partial charge in [0.1, 0.15) is 11.6 Å². The average molecular weight is 244 g/mol. The maximum atomic E-state index is 13.2. The number of nitrogens with two attached hydrogens (primary N) is 1. The number of aliphatic hydroxyl groups is 1. The number of nitrogens with one attached hydrogen (secondary N) is 1. The topological polar surface area (TPSA) is 75.4 Å². The molecule has 0 radical (unpaired) electrons. The van der Waals surface area contributed by atoms with Crippen LogP contribution in [0.5, 0.6) is 0 Å². The first-order chi connectivity index (χ1) is 8.02. The largest absolute Gasteiger partial charge is 0.387 e. The summed E-state index contributed by atoms with van der Waals surface area (Å²) in [5.41, 5.74) is 4.53. The first-order valence-corrected chi connectivity index (χ1v) is 5.13. The molecule has 0 aromatic heterocycles. The summed E-state index contributed by atoms with van der Waals surface area (Å²) < 4.78 is 26.5. The summed E-state index contributed by atoms with van der Waals surface area (Å²) in [6.45, 7) is 0.202. The van der Waals surface area contributed by atoms with Crippen LogP contribution in [-0.2, 0) is 4.79 Å². The molecule has 0 aliphatic carbocycles. The Balaban J connectivity index is 2.52. The Morgan fingerprint density at radius 2 is 2.00 bits per heavy atom. The SMILES string of the molecule is NC(=O)CCNCC(O)c1c(F)cccc1F. The van der Waals surface area contributed by atoms with Gasteiger partial charge in [-0.05, 0) is 12.1 Å². The van der Waals surface area contributed by atoms with E-state index in [9.17, 15) is 18.7 Å². The van der Waals surface area contributed by atoms with Gasteiger partial charge in [0, 0.05) is 19.5 Å². The quantitative estimate of drug-likeness (QED) is 0.636. The summed E-state index contributed by atoms with van der Waals surface area (Å²) in [4.78, 5) is 10.4. The van der Waals surface area contributed by atoms with Crippen molar-refractivity contribution in [2.24, 2.45) is 5.73 Å². The van der Waals surface area contributed by atoms with Crippen molar-refractivity contribution in [1.82, 2.24) is 5.32 Å². The van der Waals surface area contributed by atoms with Gasteiger partial charge in [0.15, 0.2) is 0 Å². The molecule has 0 saturated carbocycles. The highest BCUT2D eigenvalue weighted by Crippen LogP contribution is 2.19. The van der Waals surface area contributed by atoms with Gasteiger partial charge in [-0.15, -0.1) is 0 Å². The number of rotatable bonds is 6. The molecule has 0 bridgehead atoms. The highest BCUT2D eigenvalue weighted by Gasteiger charge is 2.16. The number of hydrogen-bond donors (Lipinski definition) is 3. The molecule has 0 fully saturated rings. The lowest BCUT2D eigenvalue weighted by atomic mass is 10.1. The van der Waals surface area contributed by atoms with Gasteiger partial charge in [0.25, 0.3) is 0 Å². The van der Waals surface area contributed by atoms with Crippen LogP contribution in [-0.4, -0.2) is 24.1 Å². The highest BCUT2D eigenvalue weighted by atomic mass is 19.1. The van der Waals surface area contributed by atoms with E-state index >= 15 is 0 Å². The predicted octanol–water partition coefficient (Wildman–Crippen LogP) is 0.463. The van der Waals surface area contributed by atoms with E-state index in [1.165, 1.54) is 6.07 Å². The standard InChI is InChI=1S/C11H14F2N2O2/c12-7-2-1-3-8(13)11(7)9(16)6-15-5-4-10(14)17/h1-3,9,15-16H,4-6H2,(H2,14,17). The zero-order chi connectivity index (χ0) is 12.8. The van der Waals surface area contributed by atoms with Crippen LogP contribution in [0.15, 0.2) is 18.2 Å². The Hall–Kier alpha value is -1.53. The second-order valence-corrected chi connectivity index (χ2v) is 3.57. The number of carbonyl (C=O) groups excluding carboxylic acids is 1. The normalized spacial score (nSPS) is 12.4. The third-order valence-corrected chi connectivity index (χ3v) is 2.22. The van der Waals surface area contributed by atoms with Gasteiger partial charge < -0.3 is 16.2 Å². The zero-order valence-electron chi connectivity index (χ0n) is 9.12. The smallest absolute Gasteiger partial charge is 0.218 e. The van der Waals surface area contributed by atoms with Gasteiger partial charge in [0.05, 0.1) is 11.7 Å². The van der Waals surface area contributed by atoms with Crippen molar-refractivity contribution in [3.63, 3.8) is 0 Å². The molecule has 94 valence electrons. The molecule has 1 aromatic rings. The van der Waals surface area contributed by atoms with E-state index in [1.807, 2.05) is 0 Å². The minimum Gasteiger partial charge on any atom is -0.387 e. The van der Waals surface area contributed by atoms with Crippen LogP contribution in [0, 0.1) is 11.6 Å². The molecular formula is C11H14F2N2O2. The molecule has 17 heavy (non-hydrogen) atoms. The van der Waals surface area contributed by atoms with E-state index < -0.39 is 23.6 Å². The highest BCUT2D eigenvalue weighted by molar-refractivity contribution is 5.73. The van der Waals surface area contributed by atoms with Crippen LogP contribution < -0.4 is 11.1 Å². The molecule has 4 N–H and O–H groups in total. The van der Waals surface area contributed by atoms with Crippen molar-refractivity contribution in [2.45, 2.75) is 12.5 Å². The first-order valence-electron chi connectivity index (χ1n) is 5.13. The van der Waals surface area contributed by atoms with Gasteiger partial charge in [-0.2, -0.15) is 0 Å². The zero-order valence-corrected chi connectivity index (χ0v) is 9.12. The molecule has 1 atom stereocenters. The maximum absolute atomic E-state index is 13.2. The molecule has 0 aliphatic rings. The summed E-state index contributed by atoms with van der Waals surface area (Å²) in [5, 5.41) is 12.3. The van der Waals surface area contributed by atoms with Crippen molar-refractivity contribution >= 4 is 5.91 Å². The fraction of sp³-hybridized carbons (Fsp3) is 0.364. The summed E-state index contributed by atoms with van der Waals surface area (Å²) >= 11 is 0. The number of halogens is 2. The Kier molecular flexibility index (Phi) is 4.99.